The summed E-state index contributed by atoms with van der Waals surface area (Å²) >= 11 is 0. The van der Waals surface area contributed by atoms with Gasteiger partial charge in [0.05, 0.1) is 0 Å². The van der Waals surface area contributed by atoms with Crippen molar-refractivity contribution in [3.05, 3.63) is 59.9 Å². The van der Waals surface area contributed by atoms with E-state index in [0.717, 1.165) is 11.1 Å². The van der Waals surface area contributed by atoms with E-state index in [-0.39, 0.29) is 11.9 Å². The third-order valence-electron chi connectivity index (χ3n) is 4.46. The van der Waals surface area contributed by atoms with Crippen LogP contribution in [0, 0.1) is 0 Å². The molecule has 120 valence electrons. The highest BCUT2D eigenvalue weighted by atomic mass is 16.4. The van der Waals surface area contributed by atoms with Crippen LogP contribution in [-0.4, -0.2) is 32.5 Å². The molecule has 1 aliphatic rings. The number of amides is 1. The van der Waals surface area contributed by atoms with Crippen molar-refractivity contribution in [3.63, 3.8) is 0 Å². The average molecular weight is 312 g/mol. The van der Waals surface area contributed by atoms with Crippen molar-refractivity contribution in [3.8, 4) is 0 Å². The molecule has 1 aromatic heterocycles. The van der Waals surface area contributed by atoms with Crippen LogP contribution in [0.5, 0.6) is 0 Å². The first-order valence-electron chi connectivity index (χ1n) is 7.78. The molecule has 2 aromatic rings. The Kier molecular flexibility index (Phi) is 4.19. The molecule has 5 nitrogen and oxygen atoms in total. The van der Waals surface area contributed by atoms with Gasteiger partial charge >= 0.3 is 5.97 Å². The van der Waals surface area contributed by atoms with Gasteiger partial charge in [-0.2, -0.15) is 0 Å². The Morgan fingerprint density at radius 2 is 1.83 bits per heavy atom. The van der Waals surface area contributed by atoms with Crippen LogP contribution < -0.4 is 0 Å². The number of benzene rings is 1. The third kappa shape index (κ3) is 3.13. The highest BCUT2D eigenvalue weighted by Crippen LogP contribution is 2.25. The lowest BCUT2D eigenvalue weighted by Crippen LogP contribution is -2.49. The summed E-state index contributed by atoms with van der Waals surface area (Å²) in [6.45, 7) is 2.33. The van der Waals surface area contributed by atoms with E-state index >= 15 is 0 Å². The lowest BCUT2D eigenvalue weighted by Gasteiger charge is -2.35. The van der Waals surface area contributed by atoms with Crippen LogP contribution in [0.3, 0.4) is 0 Å². The molecule has 1 aliphatic heterocycles. The largest absolute Gasteiger partial charge is 0.480 e. The molecule has 1 aromatic carbocycles. The van der Waals surface area contributed by atoms with Crippen LogP contribution in [0.4, 0.5) is 0 Å². The Labute approximate surface area is 135 Å². The van der Waals surface area contributed by atoms with Gasteiger partial charge in [0, 0.05) is 37.8 Å². The molecule has 2 atom stereocenters. The van der Waals surface area contributed by atoms with E-state index in [1.54, 1.807) is 0 Å². The summed E-state index contributed by atoms with van der Waals surface area (Å²) in [6, 6.07) is 10.8. The number of nitrogens with zero attached hydrogens (tertiary/aromatic N) is 2. The highest BCUT2D eigenvalue weighted by Gasteiger charge is 2.34. The predicted molar refractivity (Wildman–Crippen MR) is 85.9 cm³/mol. The zero-order chi connectivity index (χ0) is 16.4. The van der Waals surface area contributed by atoms with E-state index in [2.05, 4.69) is 0 Å². The summed E-state index contributed by atoms with van der Waals surface area (Å²) < 4.78 is 1.96. The van der Waals surface area contributed by atoms with Gasteiger partial charge in [0.1, 0.15) is 6.04 Å². The first kappa shape index (κ1) is 15.3. The molecule has 0 radical (unpaired) electrons. The number of carboxylic acid groups (broad SMARTS) is 1. The van der Waals surface area contributed by atoms with E-state index in [1.807, 2.05) is 60.3 Å². The molecule has 23 heavy (non-hydrogen) atoms. The Morgan fingerprint density at radius 1 is 1.17 bits per heavy atom. The Balaban J connectivity index is 1.79. The number of aliphatic carboxylic acids is 1. The molecule has 3 rings (SSSR count). The number of carbonyl (C=O) groups excluding carboxylic acids is 1. The Morgan fingerprint density at radius 3 is 2.48 bits per heavy atom. The lowest BCUT2D eigenvalue weighted by atomic mass is 9.93. The number of fused-ring (bicyclic) bond motifs is 1. The van der Waals surface area contributed by atoms with Crippen LogP contribution in [0.25, 0.3) is 0 Å². The van der Waals surface area contributed by atoms with E-state index < -0.39 is 12.0 Å². The molecule has 0 fully saturated rings. The molecule has 0 spiro atoms. The zero-order valence-corrected chi connectivity index (χ0v) is 13.1. The number of carboxylic acids is 1. The molecule has 5 heteroatoms. The second kappa shape index (κ2) is 6.28. The second-order valence-electron chi connectivity index (χ2n) is 6.03. The lowest BCUT2D eigenvalue weighted by molar-refractivity contribution is -0.151. The maximum absolute atomic E-state index is 12.7. The van der Waals surface area contributed by atoms with Gasteiger partial charge in [0.25, 0.3) is 0 Å². The van der Waals surface area contributed by atoms with E-state index in [4.69, 9.17) is 0 Å². The average Bonchev–Trinajstić information content (AvgIpc) is 3.08. The van der Waals surface area contributed by atoms with Crippen molar-refractivity contribution in [1.82, 2.24) is 9.47 Å². The monoisotopic (exact) mass is 312 g/mol. The number of aromatic nitrogens is 1. The normalized spacial score (nSPS) is 18.3. The van der Waals surface area contributed by atoms with E-state index in [9.17, 15) is 14.7 Å². The summed E-state index contributed by atoms with van der Waals surface area (Å²) in [5.41, 5.74) is 2.05. The van der Waals surface area contributed by atoms with Crippen LogP contribution in [0.2, 0.25) is 0 Å². The molecular formula is C18H20N2O3. The molecule has 2 heterocycles. The molecular weight excluding hydrogens is 292 g/mol. The minimum Gasteiger partial charge on any atom is -0.480 e. The minimum absolute atomic E-state index is 0.00381. The topological polar surface area (TPSA) is 62.5 Å². The molecule has 0 saturated carbocycles. The summed E-state index contributed by atoms with van der Waals surface area (Å²) in [6.07, 6.45) is 4.49. The smallest absolute Gasteiger partial charge is 0.326 e. The number of rotatable bonds is 4. The molecule has 0 saturated heterocycles. The van der Waals surface area contributed by atoms with E-state index in [0.29, 0.717) is 19.4 Å². The SMILES string of the molecule is C[C@@H](CC(=O)N1Cc2ccccc2C[C@H]1C(=O)O)n1cccc1. The van der Waals surface area contributed by atoms with Crippen molar-refractivity contribution in [1.29, 1.82) is 0 Å². The second-order valence-corrected chi connectivity index (χ2v) is 6.03. The van der Waals surface area contributed by atoms with Crippen molar-refractivity contribution >= 4 is 11.9 Å². The van der Waals surface area contributed by atoms with Gasteiger partial charge in [0.2, 0.25) is 5.91 Å². The molecule has 1 amide bonds. The molecule has 0 unspecified atom stereocenters. The summed E-state index contributed by atoms with van der Waals surface area (Å²) in [5.74, 6) is -1.06. The van der Waals surface area contributed by atoms with Crippen molar-refractivity contribution in [2.75, 3.05) is 0 Å². The number of carbonyl (C=O) groups is 2. The van der Waals surface area contributed by atoms with Crippen molar-refractivity contribution in [2.45, 2.75) is 38.4 Å². The van der Waals surface area contributed by atoms with Crippen LogP contribution in [0.1, 0.15) is 30.5 Å². The first-order valence-corrected chi connectivity index (χ1v) is 7.78. The molecule has 0 aliphatic carbocycles. The van der Waals surface area contributed by atoms with Gasteiger partial charge < -0.3 is 14.6 Å². The zero-order valence-electron chi connectivity index (χ0n) is 13.1. The fourth-order valence-corrected chi connectivity index (χ4v) is 3.12. The fourth-order valence-electron chi connectivity index (χ4n) is 3.12. The number of hydrogen-bond donors (Lipinski definition) is 1. The standard InChI is InChI=1S/C18H20N2O3/c1-13(19-8-4-5-9-19)10-17(21)20-12-15-7-3-2-6-14(15)11-16(20)18(22)23/h2-9,13,16H,10-12H2,1H3,(H,22,23)/t13-,16-/m0/s1. The molecule has 1 N–H and O–H groups in total. The van der Waals surface area contributed by atoms with Gasteiger partial charge in [-0.3, -0.25) is 4.79 Å². The quantitative estimate of drug-likeness (QED) is 0.943. The first-order chi connectivity index (χ1) is 11.1. The van der Waals surface area contributed by atoms with Gasteiger partial charge in [-0.15, -0.1) is 0 Å². The maximum atomic E-state index is 12.7. The van der Waals surface area contributed by atoms with Crippen LogP contribution in [0.15, 0.2) is 48.8 Å². The van der Waals surface area contributed by atoms with Gasteiger partial charge in [-0.25, -0.2) is 4.79 Å². The number of hydrogen-bond acceptors (Lipinski definition) is 2. The Hall–Kier alpha value is -2.56. The minimum atomic E-state index is -0.943. The van der Waals surface area contributed by atoms with E-state index in [1.165, 1.54) is 4.90 Å². The predicted octanol–water partition coefficient (Wildman–Crippen LogP) is 2.48. The van der Waals surface area contributed by atoms with Crippen molar-refractivity contribution < 1.29 is 14.7 Å². The summed E-state index contributed by atoms with van der Waals surface area (Å²) in [5, 5.41) is 9.50. The molecule has 0 bridgehead atoms. The Bertz CT molecular complexity index is 709. The van der Waals surface area contributed by atoms with Gasteiger partial charge in [0.15, 0.2) is 0 Å². The van der Waals surface area contributed by atoms with Crippen LogP contribution in [-0.2, 0) is 22.6 Å². The fraction of sp³-hybridized carbons (Fsp3) is 0.333. The summed E-state index contributed by atoms with van der Waals surface area (Å²) in [4.78, 5) is 25.8. The third-order valence-corrected chi connectivity index (χ3v) is 4.46. The summed E-state index contributed by atoms with van der Waals surface area (Å²) in [7, 11) is 0. The van der Waals surface area contributed by atoms with Gasteiger partial charge in [-0.05, 0) is 30.2 Å². The van der Waals surface area contributed by atoms with Crippen molar-refractivity contribution in [2.24, 2.45) is 0 Å². The maximum Gasteiger partial charge on any atom is 0.326 e. The highest BCUT2D eigenvalue weighted by molar-refractivity contribution is 5.84. The van der Waals surface area contributed by atoms with Gasteiger partial charge in [-0.1, -0.05) is 24.3 Å². The van der Waals surface area contributed by atoms with Crippen LogP contribution >= 0.6 is 0 Å².